The highest BCUT2D eigenvalue weighted by atomic mass is 19.1. The summed E-state index contributed by atoms with van der Waals surface area (Å²) in [5, 5.41) is 20.3. The molecule has 0 amide bonds. The van der Waals surface area contributed by atoms with Gasteiger partial charge in [0.2, 0.25) is 0 Å². The van der Waals surface area contributed by atoms with Crippen LogP contribution in [-0.4, -0.2) is 53.9 Å². The summed E-state index contributed by atoms with van der Waals surface area (Å²) >= 11 is 0. The SMILES string of the molecule is CCCCC(F)C(O)CC[C@H]1C(O)CC2OC(=CCCCC(=O)OC)C(F)[C@@H]21. The van der Waals surface area contributed by atoms with Crippen LogP contribution in [0.25, 0.3) is 0 Å². The van der Waals surface area contributed by atoms with E-state index in [0.29, 0.717) is 32.1 Å². The molecule has 2 aliphatic rings. The maximum Gasteiger partial charge on any atom is 0.305 e. The van der Waals surface area contributed by atoms with Gasteiger partial charge in [-0.15, -0.1) is 0 Å². The Balaban J connectivity index is 1.86. The summed E-state index contributed by atoms with van der Waals surface area (Å²) in [6.45, 7) is 1.97. The number of fused-ring (bicyclic) bond motifs is 1. The molecule has 1 saturated carbocycles. The van der Waals surface area contributed by atoms with Gasteiger partial charge < -0.3 is 19.7 Å². The molecule has 7 heteroatoms. The summed E-state index contributed by atoms with van der Waals surface area (Å²) in [5.74, 6) is -0.855. The number of unbranched alkanes of at least 4 members (excludes halogenated alkanes) is 2. The second kappa shape index (κ2) is 11.1. The molecule has 1 aliphatic heterocycles. The minimum absolute atomic E-state index is 0.209. The third-order valence-corrected chi connectivity index (χ3v) is 5.99. The molecule has 0 aromatic carbocycles. The van der Waals surface area contributed by atoms with E-state index in [2.05, 4.69) is 4.74 Å². The molecule has 2 fully saturated rings. The summed E-state index contributed by atoms with van der Waals surface area (Å²) in [4.78, 5) is 11.1. The first-order chi connectivity index (χ1) is 13.4. The average molecular weight is 404 g/mol. The number of rotatable bonds is 11. The summed E-state index contributed by atoms with van der Waals surface area (Å²) in [5.41, 5.74) is 0. The van der Waals surface area contributed by atoms with Gasteiger partial charge in [-0.2, -0.15) is 0 Å². The molecule has 0 radical (unpaired) electrons. The number of carbonyl (C=O) groups is 1. The van der Waals surface area contributed by atoms with Gasteiger partial charge in [-0.05, 0) is 44.1 Å². The van der Waals surface area contributed by atoms with Crippen LogP contribution < -0.4 is 0 Å². The molecule has 1 heterocycles. The molecular formula is C21H34F2O5. The van der Waals surface area contributed by atoms with Crippen molar-refractivity contribution in [1.82, 2.24) is 0 Å². The summed E-state index contributed by atoms with van der Waals surface area (Å²) < 4.78 is 39.2. The number of allylic oxidation sites excluding steroid dienone is 2. The smallest absolute Gasteiger partial charge is 0.305 e. The van der Waals surface area contributed by atoms with Crippen molar-refractivity contribution >= 4 is 5.97 Å². The number of ether oxygens (including phenoxy) is 2. The van der Waals surface area contributed by atoms with E-state index >= 15 is 0 Å². The van der Waals surface area contributed by atoms with Crippen LogP contribution in [0.3, 0.4) is 0 Å². The van der Waals surface area contributed by atoms with Crippen molar-refractivity contribution in [2.45, 2.75) is 95.4 Å². The normalized spacial score (nSPS) is 32.8. The molecule has 5 unspecified atom stereocenters. The minimum atomic E-state index is -1.32. The number of aliphatic hydroxyl groups excluding tert-OH is 2. The highest BCUT2D eigenvalue weighted by Gasteiger charge is 2.53. The van der Waals surface area contributed by atoms with E-state index < -0.39 is 30.5 Å². The van der Waals surface area contributed by atoms with Gasteiger partial charge in [0.05, 0.1) is 19.3 Å². The zero-order valence-electron chi connectivity index (χ0n) is 16.9. The Bertz CT molecular complexity index is 527. The number of esters is 1. The Labute approximate surface area is 166 Å². The number of hydrogen-bond acceptors (Lipinski definition) is 5. The van der Waals surface area contributed by atoms with Gasteiger partial charge in [-0.1, -0.05) is 19.8 Å². The molecule has 7 atom stereocenters. The van der Waals surface area contributed by atoms with Crippen LogP contribution in [-0.2, 0) is 14.3 Å². The lowest BCUT2D eigenvalue weighted by atomic mass is 9.85. The lowest BCUT2D eigenvalue weighted by Gasteiger charge is -2.23. The van der Waals surface area contributed by atoms with E-state index in [1.54, 1.807) is 6.08 Å². The Morgan fingerprint density at radius 3 is 2.82 bits per heavy atom. The molecule has 2 N–H and O–H groups in total. The topological polar surface area (TPSA) is 76.0 Å². The number of halogens is 2. The van der Waals surface area contributed by atoms with Gasteiger partial charge in [-0.3, -0.25) is 4.79 Å². The van der Waals surface area contributed by atoms with Crippen molar-refractivity contribution in [3.05, 3.63) is 11.8 Å². The molecule has 0 spiro atoms. The van der Waals surface area contributed by atoms with Crippen LogP contribution in [0.2, 0.25) is 0 Å². The zero-order chi connectivity index (χ0) is 20.7. The molecule has 2 rings (SSSR count). The summed E-state index contributed by atoms with van der Waals surface area (Å²) in [7, 11) is 1.33. The minimum Gasteiger partial charge on any atom is -0.491 e. The molecule has 28 heavy (non-hydrogen) atoms. The Hall–Kier alpha value is -1.21. The van der Waals surface area contributed by atoms with Crippen molar-refractivity contribution in [2.24, 2.45) is 11.8 Å². The molecule has 0 aromatic rings. The Morgan fingerprint density at radius 1 is 1.39 bits per heavy atom. The quantitative estimate of drug-likeness (QED) is 0.406. The predicted molar refractivity (Wildman–Crippen MR) is 101 cm³/mol. The monoisotopic (exact) mass is 404 g/mol. The van der Waals surface area contributed by atoms with Gasteiger partial charge in [0, 0.05) is 18.8 Å². The van der Waals surface area contributed by atoms with Gasteiger partial charge in [0.25, 0.3) is 0 Å². The Morgan fingerprint density at radius 2 is 2.14 bits per heavy atom. The van der Waals surface area contributed by atoms with Gasteiger partial charge in [0.15, 0.2) is 6.17 Å². The van der Waals surface area contributed by atoms with Crippen LogP contribution >= 0.6 is 0 Å². The number of aliphatic hydroxyl groups is 2. The van der Waals surface area contributed by atoms with E-state index in [1.165, 1.54) is 7.11 Å². The van der Waals surface area contributed by atoms with Crippen LogP contribution in [0.15, 0.2) is 11.8 Å². The Kier molecular flexibility index (Phi) is 9.15. The largest absolute Gasteiger partial charge is 0.491 e. The molecule has 1 aliphatic carbocycles. The van der Waals surface area contributed by atoms with Crippen LogP contribution in [0.5, 0.6) is 0 Å². The lowest BCUT2D eigenvalue weighted by Crippen LogP contribution is -2.29. The molecule has 0 bridgehead atoms. The highest BCUT2D eigenvalue weighted by Crippen LogP contribution is 2.48. The second-order valence-electron chi connectivity index (χ2n) is 7.98. The molecule has 1 saturated heterocycles. The predicted octanol–water partition coefficient (Wildman–Crippen LogP) is 3.62. The summed E-state index contributed by atoms with van der Waals surface area (Å²) in [6, 6.07) is 0. The fourth-order valence-electron chi connectivity index (χ4n) is 4.34. The number of alkyl halides is 2. The van der Waals surface area contributed by atoms with Crippen LogP contribution in [0, 0.1) is 11.8 Å². The third-order valence-electron chi connectivity index (χ3n) is 5.99. The molecule has 0 aromatic heterocycles. The third kappa shape index (κ3) is 5.89. The first kappa shape index (κ1) is 23.1. The van der Waals surface area contributed by atoms with Crippen molar-refractivity contribution in [2.75, 3.05) is 7.11 Å². The number of carbonyl (C=O) groups excluding carboxylic acids is 1. The van der Waals surface area contributed by atoms with E-state index in [9.17, 15) is 23.8 Å². The fourth-order valence-corrected chi connectivity index (χ4v) is 4.34. The van der Waals surface area contributed by atoms with Gasteiger partial charge >= 0.3 is 5.97 Å². The second-order valence-corrected chi connectivity index (χ2v) is 7.98. The fraction of sp³-hybridized carbons (Fsp3) is 0.857. The standard InChI is InChI=1S/C21H34F2O5/c1-3-4-7-14(22)15(24)11-10-13-16(25)12-18-20(13)21(23)17(28-18)8-5-6-9-19(26)27-2/h8,13-16,18,20-21,24-25H,3-7,9-12H2,1-2H3/t13-,14?,15?,16?,18?,20+,21?/m0/s1. The van der Waals surface area contributed by atoms with E-state index in [-0.39, 0.29) is 36.6 Å². The number of hydrogen-bond donors (Lipinski definition) is 2. The zero-order valence-corrected chi connectivity index (χ0v) is 16.9. The van der Waals surface area contributed by atoms with E-state index in [4.69, 9.17) is 4.74 Å². The van der Waals surface area contributed by atoms with Crippen molar-refractivity contribution in [3.63, 3.8) is 0 Å². The average Bonchev–Trinajstić information content (AvgIpc) is 3.15. The number of methoxy groups -OCH3 is 1. The maximum absolute atomic E-state index is 14.9. The first-order valence-electron chi connectivity index (χ1n) is 10.5. The van der Waals surface area contributed by atoms with Crippen molar-refractivity contribution in [1.29, 1.82) is 0 Å². The van der Waals surface area contributed by atoms with Gasteiger partial charge in [-0.25, -0.2) is 8.78 Å². The van der Waals surface area contributed by atoms with E-state index in [0.717, 1.165) is 12.8 Å². The van der Waals surface area contributed by atoms with Crippen molar-refractivity contribution in [3.8, 4) is 0 Å². The van der Waals surface area contributed by atoms with Crippen LogP contribution in [0.4, 0.5) is 8.78 Å². The molecule has 5 nitrogen and oxygen atoms in total. The van der Waals surface area contributed by atoms with E-state index in [1.807, 2.05) is 6.92 Å². The van der Waals surface area contributed by atoms with Gasteiger partial charge in [0.1, 0.15) is 18.0 Å². The summed E-state index contributed by atoms with van der Waals surface area (Å²) in [6.07, 6.45) is 1.09. The first-order valence-corrected chi connectivity index (χ1v) is 10.5. The maximum atomic E-state index is 14.9. The van der Waals surface area contributed by atoms with Crippen molar-refractivity contribution < 1.29 is 33.3 Å². The lowest BCUT2D eigenvalue weighted by molar-refractivity contribution is -0.140. The highest BCUT2D eigenvalue weighted by molar-refractivity contribution is 5.69. The van der Waals surface area contributed by atoms with Crippen LogP contribution in [0.1, 0.15) is 64.7 Å². The molecular weight excluding hydrogens is 370 g/mol. The molecule has 162 valence electrons.